The Kier molecular flexibility index (Phi) is 3.53. The van der Waals surface area contributed by atoms with E-state index >= 15 is 0 Å². The topological polar surface area (TPSA) is 40.6 Å². The lowest BCUT2D eigenvalue weighted by atomic mass is 9.99. The van der Waals surface area contributed by atoms with Gasteiger partial charge in [-0.1, -0.05) is 42.5 Å². The largest absolute Gasteiger partial charge is 0.368 e. The lowest BCUT2D eigenvalue weighted by Gasteiger charge is -2.41. The first kappa shape index (κ1) is 14.6. The molecule has 0 spiro atoms. The molecule has 2 aromatic rings. The van der Waals surface area contributed by atoms with E-state index in [2.05, 4.69) is 11.0 Å². The highest BCUT2D eigenvalue weighted by Crippen LogP contribution is 2.40. The Hall–Kier alpha value is -2.01. The molecule has 4 rings (SSSR count). The van der Waals surface area contributed by atoms with E-state index in [-0.39, 0.29) is 5.75 Å². The van der Waals surface area contributed by atoms with E-state index < -0.39 is 10.0 Å². The van der Waals surface area contributed by atoms with Crippen molar-refractivity contribution in [2.24, 2.45) is 0 Å². The summed E-state index contributed by atoms with van der Waals surface area (Å²) < 4.78 is 27.5. The molecule has 0 aliphatic carbocycles. The fourth-order valence-corrected chi connectivity index (χ4v) is 5.20. The summed E-state index contributed by atoms with van der Waals surface area (Å²) in [5.41, 5.74) is 4.08. The Labute approximate surface area is 137 Å². The van der Waals surface area contributed by atoms with Crippen molar-refractivity contribution in [2.75, 3.05) is 28.8 Å². The number of para-hydroxylation sites is 1. The summed E-state index contributed by atoms with van der Waals surface area (Å²) in [5.74, 6) is 0.0531. The van der Waals surface area contributed by atoms with Gasteiger partial charge >= 0.3 is 0 Å². The number of anilines is 2. The molecular formula is C18H20N2O2S. The molecule has 0 unspecified atom stereocenters. The molecule has 0 aromatic heterocycles. The predicted octanol–water partition coefficient (Wildman–Crippen LogP) is 2.79. The zero-order chi connectivity index (χ0) is 15.9. The number of aryl methyl sites for hydroxylation is 1. The summed E-state index contributed by atoms with van der Waals surface area (Å²) in [6.45, 7) is 2.33. The van der Waals surface area contributed by atoms with Crippen molar-refractivity contribution in [3.8, 4) is 0 Å². The average Bonchev–Trinajstić information content (AvgIpc) is 2.56. The van der Waals surface area contributed by atoms with Crippen molar-refractivity contribution >= 4 is 21.4 Å². The van der Waals surface area contributed by atoms with Gasteiger partial charge < -0.3 is 4.90 Å². The molecule has 2 aliphatic heterocycles. The second-order valence-corrected chi connectivity index (χ2v) is 8.08. The van der Waals surface area contributed by atoms with Gasteiger partial charge in [0, 0.05) is 13.1 Å². The van der Waals surface area contributed by atoms with Gasteiger partial charge in [0.05, 0.1) is 23.7 Å². The van der Waals surface area contributed by atoms with E-state index in [1.807, 2.05) is 42.5 Å². The quantitative estimate of drug-likeness (QED) is 0.870. The van der Waals surface area contributed by atoms with Gasteiger partial charge in [-0.15, -0.1) is 0 Å². The highest BCUT2D eigenvalue weighted by atomic mass is 32.2. The van der Waals surface area contributed by atoms with Crippen molar-refractivity contribution < 1.29 is 8.42 Å². The molecule has 2 aromatic carbocycles. The standard InChI is InChI=1S/C18H20N2O2S/c21-23(22,14-15-6-2-1-3-7-15)20-13-12-19-11-5-9-16-8-4-10-17(20)18(16)19/h1-4,6-8,10H,5,9,11-14H2. The first-order valence-electron chi connectivity index (χ1n) is 8.06. The maximum absolute atomic E-state index is 12.9. The van der Waals surface area contributed by atoms with E-state index in [0.717, 1.165) is 42.9 Å². The summed E-state index contributed by atoms with van der Waals surface area (Å²) in [6.07, 6.45) is 2.18. The molecule has 0 radical (unpaired) electrons. The van der Waals surface area contributed by atoms with Crippen molar-refractivity contribution in [1.82, 2.24) is 0 Å². The second kappa shape index (κ2) is 5.57. The van der Waals surface area contributed by atoms with Gasteiger partial charge in [0.1, 0.15) is 0 Å². The van der Waals surface area contributed by atoms with Gasteiger partial charge in [0.2, 0.25) is 10.0 Å². The van der Waals surface area contributed by atoms with Gasteiger partial charge in [-0.3, -0.25) is 4.31 Å². The molecule has 2 aliphatic rings. The Morgan fingerprint density at radius 1 is 0.913 bits per heavy atom. The number of hydrogen-bond acceptors (Lipinski definition) is 3. The first-order valence-corrected chi connectivity index (χ1v) is 9.67. The van der Waals surface area contributed by atoms with Crippen LogP contribution in [0, 0.1) is 0 Å². The van der Waals surface area contributed by atoms with Crippen LogP contribution in [0.4, 0.5) is 11.4 Å². The number of hydrogen-bond donors (Lipinski definition) is 0. The third-order valence-electron chi connectivity index (χ3n) is 4.66. The van der Waals surface area contributed by atoms with Gasteiger partial charge in [-0.2, -0.15) is 0 Å². The summed E-state index contributed by atoms with van der Waals surface area (Å²) in [5, 5.41) is 0. The zero-order valence-electron chi connectivity index (χ0n) is 13.0. The van der Waals surface area contributed by atoms with Crippen molar-refractivity contribution in [2.45, 2.75) is 18.6 Å². The summed E-state index contributed by atoms with van der Waals surface area (Å²) in [4.78, 5) is 2.34. The van der Waals surface area contributed by atoms with Crippen LogP contribution in [0.5, 0.6) is 0 Å². The van der Waals surface area contributed by atoms with E-state index in [1.54, 1.807) is 4.31 Å². The van der Waals surface area contributed by atoms with Crippen LogP contribution in [0.15, 0.2) is 48.5 Å². The van der Waals surface area contributed by atoms with Crippen molar-refractivity contribution in [1.29, 1.82) is 0 Å². The lowest BCUT2D eigenvalue weighted by Crippen LogP contribution is -2.46. The van der Waals surface area contributed by atoms with E-state index in [1.165, 1.54) is 5.56 Å². The molecule has 23 heavy (non-hydrogen) atoms. The summed E-state index contributed by atoms with van der Waals surface area (Å²) in [7, 11) is -3.37. The maximum Gasteiger partial charge on any atom is 0.239 e. The fourth-order valence-electron chi connectivity index (χ4n) is 3.63. The normalized spacial score (nSPS) is 17.0. The smallest absolute Gasteiger partial charge is 0.239 e. The molecule has 4 nitrogen and oxygen atoms in total. The summed E-state index contributed by atoms with van der Waals surface area (Å²) in [6, 6.07) is 15.5. The minimum atomic E-state index is -3.37. The molecule has 0 saturated carbocycles. The zero-order valence-corrected chi connectivity index (χ0v) is 13.8. The lowest BCUT2D eigenvalue weighted by molar-refractivity contribution is 0.585. The van der Waals surface area contributed by atoms with E-state index in [0.29, 0.717) is 6.54 Å². The molecule has 0 fully saturated rings. The Morgan fingerprint density at radius 3 is 2.57 bits per heavy atom. The highest BCUT2D eigenvalue weighted by Gasteiger charge is 2.33. The molecule has 0 saturated heterocycles. The SMILES string of the molecule is O=S(=O)(Cc1ccccc1)N1CCN2CCCc3cccc1c32. The van der Waals surface area contributed by atoms with Gasteiger partial charge in [0.25, 0.3) is 0 Å². The van der Waals surface area contributed by atoms with Gasteiger partial charge in [-0.25, -0.2) is 8.42 Å². The van der Waals surface area contributed by atoms with Crippen LogP contribution in [0.3, 0.4) is 0 Å². The third kappa shape index (κ3) is 2.59. The minimum absolute atomic E-state index is 0.0531. The van der Waals surface area contributed by atoms with Crippen molar-refractivity contribution in [3.05, 3.63) is 59.7 Å². The Balaban J connectivity index is 1.73. The van der Waals surface area contributed by atoms with E-state index in [9.17, 15) is 8.42 Å². The molecule has 5 heteroatoms. The van der Waals surface area contributed by atoms with Crippen LogP contribution in [-0.2, 0) is 22.2 Å². The Morgan fingerprint density at radius 2 is 1.74 bits per heavy atom. The van der Waals surface area contributed by atoms with Crippen LogP contribution in [0.1, 0.15) is 17.5 Å². The molecule has 0 N–H and O–H groups in total. The van der Waals surface area contributed by atoms with Gasteiger partial charge in [-0.05, 0) is 30.0 Å². The predicted molar refractivity (Wildman–Crippen MR) is 93.4 cm³/mol. The molecule has 0 atom stereocenters. The number of rotatable bonds is 3. The van der Waals surface area contributed by atoms with E-state index in [4.69, 9.17) is 0 Å². The summed E-state index contributed by atoms with van der Waals surface area (Å²) >= 11 is 0. The molecule has 0 bridgehead atoms. The fraction of sp³-hybridized carbons (Fsp3) is 0.333. The number of nitrogens with zero attached hydrogens (tertiary/aromatic N) is 2. The van der Waals surface area contributed by atoms with Crippen LogP contribution in [0.25, 0.3) is 0 Å². The number of benzene rings is 2. The van der Waals surface area contributed by atoms with Crippen molar-refractivity contribution in [3.63, 3.8) is 0 Å². The van der Waals surface area contributed by atoms with Crippen LogP contribution in [0.2, 0.25) is 0 Å². The number of sulfonamides is 1. The highest BCUT2D eigenvalue weighted by molar-refractivity contribution is 7.92. The minimum Gasteiger partial charge on any atom is -0.368 e. The second-order valence-electron chi connectivity index (χ2n) is 6.19. The molecular weight excluding hydrogens is 308 g/mol. The van der Waals surface area contributed by atoms with Crippen LogP contribution < -0.4 is 9.21 Å². The monoisotopic (exact) mass is 328 g/mol. The Bertz CT molecular complexity index is 818. The average molecular weight is 328 g/mol. The van der Waals surface area contributed by atoms with Gasteiger partial charge in [0.15, 0.2) is 0 Å². The third-order valence-corrected chi connectivity index (χ3v) is 6.41. The maximum atomic E-state index is 12.9. The van der Waals surface area contributed by atoms with Crippen LogP contribution in [-0.4, -0.2) is 28.1 Å². The molecule has 2 heterocycles. The first-order chi connectivity index (χ1) is 11.1. The molecule has 0 amide bonds. The van der Waals surface area contributed by atoms with Crippen LogP contribution >= 0.6 is 0 Å². The molecule has 120 valence electrons.